The van der Waals surface area contributed by atoms with Crippen LogP contribution in [0.4, 0.5) is 0 Å². The molecule has 116 valence electrons. The number of hydrogen-bond donors (Lipinski definition) is 0. The van der Waals surface area contributed by atoms with Gasteiger partial charge in [0.25, 0.3) is 0 Å². The highest BCUT2D eigenvalue weighted by atomic mass is 31.1. The van der Waals surface area contributed by atoms with Gasteiger partial charge in [0.05, 0.1) is 0 Å². The van der Waals surface area contributed by atoms with Crippen LogP contribution in [0.5, 0.6) is 0 Å². The van der Waals surface area contributed by atoms with Gasteiger partial charge in [-0.15, -0.1) is 0 Å². The molecule has 0 aliphatic rings. The van der Waals surface area contributed by atoms with Crippen LogP contribution < -0.4 is 0 Å². The van der Waals surface area contributed by atoms with Crippen molar-refractivity contribution in [2.75, 3.05) is 0 Å². The highest BCUT2D eigenvalue weighted by Crippen LogP contribution is 2.11. The molecule has 19 heavy (non-hydrogen) atoms. The zero-order chi connectivity index (χ0) is 14.8. The maximum Gasteiger partial charge on any atom is 0.158 e. The number of hydrogen-bond acceptors (Lipinski definition) is 1. The molecule has 0 unspecified atom stereocenters. The van der Waals surface area contributed by atoms with Gasteiger partial charge < -0.3 is 0 Å². The zero-order valence-electron chi connectivity index (χ0n) is 13.9. The van der Waals surface area contributed by atoms with E-state index in [-0.39, 0.29) is 8.46 Å². The first-order valence-electron chi connectivity index (χ1n) is 8.51. The largest absolute Gasteiger partial charge is 0.275 e. The minimum atomic E-state index is 0.247. The van der Waals surface area contributed by atoms with Crippen molar-refractivity contribution in [3.8, 4) is 0 Å². The Morgan fingerprint density at radius 2 is 0.842 bits per heavy atom. The minimum Gasteiger partial charge on any atom is -0.275 e. The van der Waals surface area contributed by atoms with E-state index in [4.69, 9.17) is 0 Å². The first kappa shape index (κ1) is 21.4. The smallest absolute Gasteiger partial charge is 0.158 e. The van der Waals surface area contributed by atoms with Gasteiger partial charge in [-0.3, -0.25) is 4.57 Å². The van der Waals surface area contributed by atoms with Crippen LogP contribution >= 0.6 is 8.46 Å². The molecule has 0 amide bonds. The van der Waals surface area contributed by atoms with E-state index in [0.717, 1.165) is 0 Å². The fourth-order valence-electron chi connectivity index (χ4n) is 1.91. The van der Waals surface area contributed by atoms with Gasteiger partial charge in [0.15, 0.2) is 8.46 Å². The molecule has 0 bridgehead atoms. The van der Waals surface area contributed by atoms with Gasteiger partial charge in [0, 0.05) is 5.66 Å². The summed E-state index contributed by atoms with van der Waals surface area (Å²) in [4.78, 5) is 0. The summed E-state index contributed by atoms with van der Waals surface area (Å²) in [6, 6.07) is 0. The molecule has 0 saturated carbocycles. The van der Waals surface area contributed by atoms with Gasteiger partial charge in [0.2, 0.25) is 0 Å². The third kappa shape index (κ3) is 27.3. The van der Waals surface area contributed by atoms with Crippen molar-refractivity contribution in [3.63, 3.8) is 0 Å². The second kappa shape index (κ2) is 20.4. The van der Waals surface area contributed by atoms with E-state index in [1.807, 2.05) is 13.8 Å². The molecule has 0 heterocycles. The zero-order valence-corrected chi connectivity index (χ0v) is 14.8. The van der Waals surface area contributed by atoms with Crippen LogP contribution in [0, 0.1) is 0 Å². The van der Waals surface area contributed by atoms with Crippen molar-refractivity contribution < 1.29 is 4.57 Å². The van der Waals surface area contributed by atoms with Crippen LogP contribution in [0.2, 0.25) is 0 Å². The summed E-state index contributed by atoms with van der Waals surface area (Å²) in [7, 11) is 0.247. The Kier molecular flexibility index (Phi) is 23.0. The predicted octanol–water partition coefficient (Wildman–Crippen LogP) is 7.39. The SMILES string of the molecule is CC(C)P=O.CCCCCCCCCCCCCC. The molecule has 0 aromatic rings. The second-order valence-electron chi connectivity index (χ2n) is 5.73. The fraction of sp³-hybridized carbons (Fsp3) is 1.00. The standard InChI is InChI=1S/C14H30.C3H7OP/c1-3-5-7-9-11-13-14-12-10-8-6-4-2;1-3(2)5-4/h3-14H2,1-2H3;3H,1-2H3. The Labute approximate surface area is 124 Å². The molecule has 0 saturated heterocycles. The monoisotopic (exact) mass is 288 g/mol. The van der Waals surface area contributed by atoms with E-state index in [9.17, 15) is 4.57 Å². The van der Waals surface area contributed by atoms with Gasteiger partial charge >= 0.3 is 0 Å². The quantitative estimate of drug-likeness (QED) is 0.270. The van der Waals surface area contributed by atoms with Gasteiger partial charge in [-0.25, -0.2) is 0 Å². The first-order chi connectivity index (χ1) is 9.18. The van der Waals surface area contributed by atoms with E-state index < -0.39 is 0 Å². The molecular weight excluding hydrogens is 251 g/mol. The Bertz CT molecular complexity index is 145. The van der Waals surface area contributed by atoms with Crippen molar-refractivity contribution in [2.24, 2.45) is 0 Å². The van der Waals surface area contributed by atoms with E-state index in [1.54, 1.807) is 0 Å². The molecule has 0 aromatic carbocycles. The Morgan fingerprint density at radius 3 is 1.00 bits per heavy atom. The maximum absolute atomic E-state index is 9.60. The molecule has 0 atom stereocenters. The maximum atomic E-state index is 9.60. The molecule has 0 aliphatic carbocycles. The van der Waals surface area contributed by atoms with Crippen LogP contribution in [-0.4, -0.2) is 5.66 Å². The Morgan fingerprint density at radius 1 is 0.632 bits per heavy atom. The molecule has 1 nitrogen and oxygen atoms in total. The summed E-state index contributed by atoms with van der Waals surface area (Å²) < 4.78 is 9.60. The van der Waals surface area contributed by atoms with E-state index in [0.29, 0.717) is 5.66 Å². The van der Waals surface area contributed by atoms with E-state index in [2.05, 4.69) is 13.8 Å². The highest BCUT2D eigenvalue weighted by Gasteiger charge is 1.91. The van der Waals surface area contributed by atoms with Crippen LogP contribution in [-0.2, 0) is 4.57 Å². The van der Waals surface area contributed by atoms with Gasteiger partial charge in [-0.1, -0.05) is 105 Å². The molecule has 0 rings (SSSR count). The normalized spacial score (nSPS) is 10.6. The van der Waals surface area contributed by atoms with E-state index in [1.165, 1.54) is 77.0 Å². The minimum absolute atomic E-state index is 0.247. The molecule has 0 spiro atoms. The van der Waals surface area contributed by atoms with Gasteiger partial charge in [-0.05, 0) is 0 Å². The van der Waals surface area contributed by atoms with Crippen molar-refractivity contribution in [3.05, 3.63) is 0 Å². The summed E-state index contributed by atoms with van der Waals surface area (Å²) in [5.41, 5.74) is 0.301. The molecule has 0 fully saturated rings. The predicted molar refractivity (Wildman–Crippen MR) is 89.5 cm³/mol. The molecule has 0 radical (unpaired) electrons. The number of unbranched alkanes of at least 4 members (excludes halogenated alkanes) is 11. The summed E-state index contributed by atoms with van der Waals surface area (Å²) in [6.45, 7) is 8.37. The van der Waals surface area contributed by atoms with E-state index >= 15 is 0 Å². The average molecular weight is 288 g/mol. The lowest BCUT2D eigenvalue weighted by atomic mass is 10.1. The second-order valence-corrected chi connectivity index (χ2v) is 6.98. The lowest BCUT2D eigenvalue weighted by Crippen LogP contribution is -1.81. The van der Waals surface area contributed by atoms with Crippen LogP contribution in [0.1, 0.15) is 105 Å². The van der Waals surface area contributed by atoms with Crippen molar-refractivity contribution in [1.82, 2.24) is 0 Å². The third-order valence-electron chi connectivity index (χ3n) is 3.17. The Hall–Kier alpha value is 0.100. The molecule has 0 N–H and O–H groups in total. The first-order valence-corrected chi connectivity index (χ1v) is 9.39. The summed E-state index contributed by atoms with van der Waals surface area (Å²) in [5.74, 6) is 0. The lowest BCUT2D eigenvalue weighted by molar-refractivity contribution is 0.548. The van der Waals surface area contributed by atoms with Gasteiger partial charge in [0.1, 0.15) is 0 Å². The van der Waals surface area contributed by atoms with Crippen LogP contribution in [0.3, 0.4) is 0 Å². The molecular formula is C17H37OP. The van der Waals surface area contributed by atoms with Crippen LogP contribution in [0.15, 0.2) is 0 Å². The third-order valence-corrected chi connectivity index (χ3v) is 3.59. The van der Waals surface area contributed by atoms with Crippen molar-refractivity contribution in [1.29, 1.82) is 0 Å². The Balaban J connectivity index is 0. The summed E-state index contributed by atoms with van der Waals surface area (Å²) in [6.07, 6.45) is 17.4. The molecule has 2 heteroatoms. The fourth-order valence-corrected chi connectivity index (χ4v) is 1.91. The number of rotatable bonds is 12. The molecule has 0 aliphatic heterocycles. The van der Waals surface area contributed by atoms with Crippen molar-refractivity contribution >= 4 is 8.46 Å². The highest BCUT2D eigenvalue weighted by molar-refractivity contribution is 7.24. The lowest BCUT2D eigenvalue weighted by Gasteiger charge is -2.01. The topological polar surface area (TPSA) is 17.1 Å². The molecule has 0 aromatic heterocycles. The average Bonchev–Trinajstić information content (AvgIpc) is 2.41. The summed E-state index contributed by atoms with van der Waals surface area (Å²) in [5, 5.41) is 0. The van der Waals surface area contributed by atoms with Crippen molar-refractivity contribution in [2.45, 2.75) is 110 Å². The van der Waals surface area contributed by atoms with Crippen LogP contribution in [0.25, 0.3) is 0 Å². The van der Waals surface area contributed by atoms with Gasteiger partial charge in [-0.2, -0.15) is 0 Å². The summed E-state index contributed by atoms with van der Waals surface area (Å²) >= 11 is 0.